The minimum absolute atomic E-state index is 0.0199. The van der Waals surface area contributed by atoms with Crippen LogP contribution in [0.15, 0.2) is 71.9 Å². The number of hydrogen-bond acceptors (Lipinski definition) is 3. The molecule has 3 aromatic rings. The molecule has 7 heteroatoms. The number of amides is 1. The summed E-state index contributed by atoms with van der Waals surface area (Å²) in [4.78, 5) is 12.6. The number of carbonyl (C=O) groups excluding carboxylic acids is 1. The number of nitrogens with zero attached hydrogens (tertiary/aromatic N) is 1. The highest BCUT2D eigenvalue weighted by Crippen LogP contribution is 2.24. The average molecular weight is 417 g/mol. The quantitative estimate of drug-likeness (QED) is 0.678. The number of carbonyl (C=O) groups is 1. The topological polar surface area (TPSA) is 68.2 Å². The van der Waals surface area contributed by atoms with Gasteiger partial charge in [-0.1, -0.05) is 44.5 Å². The van der Waals surface area contributed by atoms with Crippen LogP contribution in [0.3, 0.4) is 0 Å². The minimum Gasteiger partial charge on any atom is -0.324 e. The number of benzene rings is 2. The molecule has 0 aliphatic rings. The molecule has 2 aromatic carbocycles. The lowest BCUT2D eigenvalue weighted by Crippen LogP contribution is -2.31. The standard InChI is InChI=1S/C21H21ClN2O3S/c1-21(2,3)15-6-9-17(10-7-15)28(26,27)23-20(25)18-14-16(8-11-19(18)22)24-12-4-5-13-24/h4-14H,1-3H3,(H,23,25). The van der Waals surface area contributed by atoms with Crippen LogP contribution in [0.2, 0.25) is 5.02 Å². The molecule has 28 heavy (non-hydrogen) atoms. The summed E-state index contributed by atoms with van der Waals surface area (Å²) in [5.74, 6) is -0.779. The number of nitrogens with one attached hydrogen (secondary N) is 1. The second kappa shape index (κ2) is 7.45. The van der Waals surface area contributed by atoms with Crippen molar-refractivity contribution in [1.29, 1.82) is 0 Å². The van der Waals surface area contributed by atoms with Gasteiger partial charge in [-0.3, -0.25) is 4.79 Å². The van der Waals surface area contributed by atoms with E-state index in [0.717, 1.165) is 5.56 Å². The van der Waals surface area contributed by atoms with E-state index in [1.807, 2.05) is 45.3 Å². The fourth-order valence-electron chi connectivity index (χ4n) is 2.72. The van der Waals surface area contributed by atoms with Gasteiger partial charge in [-0.15, -0.1) is 0 Å². The lowest BCUT2D eigenvalue weighted by molar-refractivity contribution is 0.0981. The predicted octanol–water partition coefficient (Wildman–Crippen LogP) is 4.55. The van der Waals surface area contributed by atoms with Crippen molar-refractivity contribution >= 4 is 27.5 Å². The molecule has 1 amide bonds. The Labute approximate surface area is 170 Å². The minimum atomic E-state index is -4.02. The molecule has 0 saturated heterocycles. The molecule has 0 bridgehead atoms. The van der Waals surface area contributed by atoms with Gasteiger partial charge >= 0.3 is 0 Å². The lowest BCUT2D eigenvalue weighted by Gasteiger charge is -2.19. The Morgan fingerprint density at radius 3 is 2.18 bits per heavy atom. The summed E-state index contributed by atoms with van der Waals surface area (Å²) in [6.45, 7) is 6.12. The molecule has 0 fully saturated rings. The Bertz CT molecular complexity index is 1100. The zero-order valence-electron chi connectivity index (χ0n) is 15.8. The van der Waals surface area contributed by atoms with Crippen LogP contribution in [0.4, 0.5) is 0 Å². The highest BCUT2D eigenvalue weighted by molar-refractivity contribution is 7.90. The number of rotatable bonds is 4. The van der Waals surface area contributed by atoms with E-state index >= 15 is 0 Å². The third kappa shape index (κ3) is 4.29. The fraction of sp³-hybridized carbons (Fsp3) is 0.190. The summed E-state index contributed by atoms with van der Waals surface area (Å²) in [5, 5.41) is 0.173. The largest absolute Gasteiger partial charge is 0.324 e. The van der Waals surface area contributed by atoms with Crippen LogP contribution in [0.1, 0.15) is 36.7 Å². The Morgan fingerprint density at radius 2 is 1.61 bits per heavy atom. The maximum absolute atomic E-state index is 12.6. The van der Waals surface area contributed by atoms with Crippen molar-refractivity contribution < 1.29 is 13.2 Å². The molecule has 1 heterocycles. The van der Waals surface area contributed by atoms with Crippen LogP contribution >= 0.6 is 11.6 Å². The molecular formula is C21H21ClN2O3S. The maximum Gasteiger partial charge on any atom is 0.266 e. The molecule has 1 N–H and O–H groups in total. The van der Waals surface area contributed by atoms with Crippen molar-refractivity contribution in [2.75, 3.05) is 0 Å². The van der Waals surface area contributed by atoms with Gasteiger partial charge in [-0.2, -0.15) is 0 Å². The van der Waals surface area contributed by atoms with E-state index < -0.39 is 15.9 Å². The predicted molar refractivity (Wildman–Crippen MR) is 111 cm³/mol. The first-order valence-electron chi connectivity index (χ1n) is 8.68. The summed E-state index contributed by atoms with van der Waals surface area (Å²) in [5.41, 5.74) is 1.69. The van der Waals surface area contributed by atoms with Gasteiger partial charge in [0.05, 0.1) is 15.5 Å². The first-order valence-corrected chi connectivity index (χ1v) is 10.5. The molecular weight excluding hydrogens is 396 g/mol. The number of hydrogen-bond donors (Lipinski definition) is 1. The number of sulfonamides is 1. The molecule has 3 rings (SSSR count). The third-order valence-corrected chi connectivity index (χ3v) is 6.03. The first kappa shape index (κ1) is 20.2. The zero-order valence-corrected chi connectivity index (χ0v) is 17.4. The molecule has 0 saturated carbocycles. The summed E-state index contributed by atoms with van der Waals surface area (Å²) < 4.78 is 29.1. The molecule has 0 unspecified atom stereocenters. The SMILES string of the molecule is CC(C)(C)c1ccc(S(=O)(=O)NC(=O)c2cc(-n3cccc3)ccc2Cl)cc1. The van der Waals surface area contributed by atoms with Crippen LogP contribution < -0.4 is 4.72 Å². The zero-order chi connectivity index (χ0) is 20.5. The van der Waals surface area contributed by atoms with Crippen molar-refractivity contribution in [3.63, 3.8) is 0 Å². The smallest absolute Gasteiger partial charge is 0.266 e. The Kier molecular flexibility index (Phi) is 5.37. The summed E-state index contributed by atoms with van der Waals surface area (Å²) >= 11 is 6.13. The Balaban J connectivity index is 1.87. The van der Waals surface area contributed by atoms with Gasteiger partial charge in [0.25, 0.3) is 15.9 Å². The van der Waals surface area contributed by atoms with E-state index in [1.165, 1.54) is 12.1 Å². The number of aromatic nitrogens is 1. The number of halogens is 1. The van der Waals surface area contributed by atoms with Gasteiger partial charge in [0.15, 0.2) is 0 Å². The van der Waals surface area contributed by atoms with Crippen molar-refractivity contribution in [1.82, 2.24) is 9.29 Å². The van der Waals surface area contributed by atoms with Gasteiger partial charge in [0.2, 0.25) is 0 Å². The van der Waals surface area contributed by atoms with E-state index in [1.54, 1.807) is 34.9 Å². The molecule has 0 aliphatic carbocycles. The van der Waals surface area contributed by atoms with Crippen molar-refractivity contribution in [2.45, 2.75) is 31.1 Å². The highest BCUT2D eigenvalue weighted by Gasteiger charge is 2.22. The molecule has 1 aromatic heterocycles. The molecule has 0 aliphatic heterocycles. The normalized spacial score (nSPS) is 12.0. The van der Waals surface area contributed by atoms with E-state index in [0.29, 0.717) is 5.69 Å². The average Bonchev–Trinajstić information content (AvgIpc) is 3.15. The van der Waals surface area contributed by atoms with Crippen LogP contribution in [0.25, 0.3) is 5.69 Å². The molecule has 0 atom stereocenters. The Hall–Kier alpha value is -2.57. The van der Waals surface area contributed by atoms with Gasteiger partial charge in [0.1, 0.15) is 0 Å². The van der Waals surface area contributed by atoms with Crippen molar-refractivity contribution in [2.24, 2.45) is 0 Å². The summed E-state index contributed by atoms with van der Waals surface area (Å²) in [6.07, 6.45) is 3.64. The van der Waals surface area contributed by atoms with Crippen molar-refractivity contribution in [3.05, 3.63) is 83.1 Å². The lowest BCUT2D eigenvalue weighted by atomic mass is 9.87. The van der Waals surface area contributed by atoms with E-state index in [-0.39, 0.29) is 20.9 Å². The van der Waals surface area contributed by atoms with Crippen LogP contribution in [0, 0.1) is 0 Å². The molecule has 146 valence electrons. The second-order valence-electron chi connectivity index (χ2n) is 7.46. The fourth-order valence-corrected chi connectivity index (χ4v) is 3.89. The second-order valence-corrected chi connectivity index (χ2v) is 9.55. The molecule has 0 spiro atoms. The van der Waals surface area contributed by atoms with Gasteiger partial charge < -0.3 is 4.57 Å². The maximum atomic E-state index is 12.6. The van der Waals surface area contributed by atoms with E-state index in [2.05, 4.69) is 4.72 Å². The van der Waals surface area contributed by atoms with Gasteiger partial charge in [0, 0.05) is 18.1 Å². The molecule has 0 radical (unpaired) electrons. The van der Waals surface area contributed by atoms with Crippen LogP contribution in [-0.4, -0.2) is 18.9 Å². The summed E-state index contributed by atoms with van der Waals surface area (Å²) in [6, 6.07) is 15.0. The Morgan fingerprint density at radius 1 is 1.00 bits per heavy atom. The van der Waals surface area contributed by atoms with Crippen molar-refractivity contribution in [3.8, 4) is 5.69 Å². The van der Waals surface area contributed by atoms with Crippen LogP contribution in [-0.2, 0) is 15.4 Å². The monoisotopic (exact) mass is 416 g/mol. The summed E-state index contributed by atoms with van der Waals surface area (Å²) in [7, 11) is -4.02. The van der Waals surface area contributed by atoms with Crippen LogP contribution in [0.5, 0.6) is 0 Å². The van der Waals surface area contributed by atoms with E-state index in [9.17, 15) is 13.2 Å². The highest BCUT2D eigenvalue weighted by atomic mass is 35.5. The third-order valence-electron chi connectivity index (χ3n) is 4.35. The van der Waals surface area contributed by atoms with Gasteiger partial charge in [-0.25, -0.2) is 13.1 Å². The van der Waals surface area contributed by atoms with E-state index in [4.69, 9.17) is 11.6 Å². The van der Waals surface area contributed by atoms with Gasteiger partial charge in [-0.05, 0) is 53.4 Å². The first-order chi connectivity index (χ1) is 13.1. The molecule has 5 nitrogen and oxygen atoms in total.